The first kappa shape index (κ1) is 19.9. The molecule has 0 bridgehead atoms. The first-order valence-electron chi connectivity index (χ1n) is 10.7. The number of carbonyl (C=O) groups is 2. The zero-order valence-corrected chi connectivity index (χ0v) is 16.8. The second-order valence-electron chi connectivity index (χ2n) is 8.39. The van der Waals surface area contributed by atoms with Crippen LogP contribution in [0.5, 0.6) is 0 Å². The predicted octanol–water partition coefficient (Wildman–Crippen LogP) is 1.58. The molecule has 1 aromatic heterocycles. The van der Waals surface area contributed by atoms with Crippen molar-refractivity contribution in [3.63, 3.8) is 0 Å². The fourth-order valence-corrected chi connectivity index (χ4v) is 4.89. The lowest BCUT2D eigenvalue weighted by Crippen LogP contribution is -2.42. The molecule has 0 aliphatic carbocycles. The van der Waals surface area contributed by atoms with Gasteiger partial charge in [0.25, 0.3) is 0 Å². The Morgan fingerprint density at radius 2 is 1.86 bits per heavy atom. The van der Waals surface area contributed by atoms with E-state index in [2.05, 4.69) is 15.5 Å². The van der Waals surface area contributed by atoms with E-state index >= 15 is 0 Å². The van der Waals surface area contributed by atoms with Crippen LogP contribution in [0.2, 0.25) is 0 Å². The molecule has 2 fully saturated rings. The number of likely N-dealkylation sites (tertiary alicyclic amines) is 1. The molecule has 29 heavy (non-hydrogen) atoms. The minimum atomic E-state index is -0.380. The molecule has 0 saturated carbocycles. The number of nitrogens with two attached hydrogens (primary N) is 1. The summed E-state index contributed by atoms with van der Waals surface area (Å²) in [6.07, 6.45) is 8.98. The maximum Gasteiger partial charge on any atom is 0.226 e. The number of nitrogens with one attached hydrogen (secondary N) is 2. The molecule has 2 saturated heterocycles. The minimum Gasteiger partial charge on any atom is -0.369 e. The number of nitrogens with zero attached hydrogens (tertiary/aromatic N) is 2. The summed E-state index contributed by atoms with van der Waals surface area (Å²) in [6, 6.07) is 3.95. The van der Waals surface area contributed by atoms with E-state index in [0.717, 1.165) is 72.9 Å². The van der Waals surface area contributed by atoms with Crippen molar-refractivity contribution in [1.29, 1.82) is 0 Å². The van der Waals surface area contributed by atoms with Crippen LogP contribution in [0.25, 0.3) is 10.9 Å². The van der Waals surface area contributed by atoms with Crippen molar-refractivity contribution in [2.24, 2.45) is 17.6 Å². The van der Waals surface area contributed by atoms with Gasteiger partial charge in [0.05, 0.1) is 24.6 Å². The predicted molar refractivity (Wildman–Crippen MR) is 112 cm³/mol. The van der Waals surface area contributed by atoms with E-state index in [1.165, 1.54) is 12.8 Å². The second-order valence-corrected chi connectivity index (χ2v) is 8.39. The molecular formula is C22H30N5O2. The molecule has 3 heterocycles. The standard InChI is InChI=1S/C22H30N5O2/c23-20(28)13-18-11-15(12-19-14-25-26-22(18)19)1-2-21(29)27-9-5-17(6-10-27)16-3-7-24-8-4-16/h2,11-12,14,16-17,24H,1,3-10,13H2,(H2,23,28)(H,25,26). The van der Waals surface area contributed by atoms with Crippen molar-refractivity contribution in [2.45, 2.75) is 38.5 Å². The Hall–Kier alpha value is -2.41. The summed E-state index contributed by atoms with van der Waals surface area (Å²) in [4.78, 5) is 26.1. The molecule has 0 atom stereocenters. The SMILES string of the molecule is NC(=O)Cc1cc(C[CH]C(=O)N2CCC(C3CCNCC3)CC2)cc2cn[nH]c12. The molecule has 1 radical (unpaired) electrons. The number of H-pyrrole nitrogens is 1. The van der Waals surface area contributed by atoms with E-state index in [-0.39, 0.29) is 18.2 Å². The van der Waals surface area contributed by atoms with Crippen molar-refractivity contribution in [3.8, 4) is 0 Å². The number of benzene rings is 1. The molecule has 4 rings (SSSR count). The number of amides is 2. The number of fused-ring (bicyclic) bond motifs is 1. The van der Waals surface area contributed by atoms with Crippen LogP contribution >= 0.6 is 0 Å². The van der Waals surface area contributed by atoms with Crippen LogP contribution in [0, 0.1) is 18.3 Å². The first-order valence-corrected chi connectivity index (χ1v) is 10.7. The molecule has 0 spiro atoms. The van der Waals surface area contributed by atoms with Gasteiger partial charge in [-0.1, -0.05) is 6.07 Å². The summed E-state index contributed by atoms with van der Waals surface area (Å²) in [5, 5.41) is 11.3. The highest BCUT2D eigenvalue weighted by Crippen LogP contribution is 2.31. The minimum absolute atomic E-state index is 0.109. The molecule has 4 N–H and O–H groups in total. The molecule has 2 amide bonds. The topological polar surface area (TPSA) is 104 Å². The number of hydrogen-bond acceptors (Lipinski definition) is 4. The van der Waals surface area contributed by atoms with E-state index in [4.69, 9.17) is 5.73 Å². The lowest BCUT2D eigenvalue weighted by atomic mass is 9.79. The summed E-state index contributed by atoms with van der Waals surface area (Å²) in [5.74, 6) is 1.32. The smallest absolute Gasteiger partial charge is 0.226 e. The van der Waals surface area contributed by atoms with Gasteiger partial charge in [0, 0.05) is 18.5 Å². The quantitative estimate of drug-likeness (QED) is 0.689. The Morgan fingerprint density at radius 3 is 2.59 bits per heavy atom. The third-order valence-electron chi connectivity index (χ3n) is 6.47. The van der Waals surface area contributed by atoms with Gasteiger partial charge in [-0.15, -0.1) is 0 Å². The average molecular weight is 397 g/mol. The normalized spacial score (nSPS) is 19.0. The van der Waals surface area contributed by atoms with Crippen LogP contribution in [0.15, 0.2) is 18.3 Å². The van der Waals surface area contributed by atoms with Gasteiger partial charge in [0.2, 0.25) is 11.8 Å². The summed E-state index contributed by atoms with van der Waals surface area (Å²) in [7, 11) is 0. The van der Waals surface area contributed by atoms with Gasteiger partial charge in [-0.3, -0.25) is 14.7 Å². The third-order valence-corrected chi connectivity index (χ3v) is 6.47. The number of primary amides is 1. The van der Waals surface area contributed by atoms with Gasteiger partial charge in [-0.25, -0.2) is 0 Å². The van der Waals surface area contributed by atoms with E-state index in [9.17, 15) is 9.59 Å². The van der Waals surface area contributed by atoms with Crippen molar-refractivity contribution >= 4 is 22.7 Å². The fraction of sp³-hybridized carbons (Fsp3) is 0.545. The highest BCUT2D eigenvalue weighted by atomic mass is 16.2. The largest absolute Gasteiger partial charge is 0.369 e. The Kier molecular flexibility index (Phi) is 6.13. The summed E-state index contributed by atoms with van der Waals surface area (Å²) >= 11 is 0. The molecule has 2 aromatic rings. The Morgan fingerprint density at radius 1 is 1.14 bits per heavy atom. The number of hydrogen-bond donors (Lipinski definition) is 3. The molecule has 0 unspecified atom stereocenters. The van der Waals surface area contributed by atoms with Crippen LogP contribution in [-0.4, -0.2) is 53.1 Å². The van der Waals surface area contributed by atoms with Crippen molar-refractivity contribution in [1.82, 2.24) is 20.4 Å². The molecule has 2 aliphatic heterocycles. The van der Waals surface area contributed by atoms with Crippen LogP contribution in [0.3, 0.4) is 0 Å². The maximum absolute atomic E-state index is 12.7. The average Bonchev–Trinajstić information content (AvgIpc) is 3.21. The van der Waals surface area contributed by atoms with Crippen LogP contribution < -0.4 is 11.1 Å². The van der Waals surface area contributed by atoms with E-state index < -0.39 is 0 Å². The Bertz CT molecular complexity index is 863. The van der Waals surface area contributed by atoms with E-state index in [0.29, 0.717) is 6.42 Å². The van der Waals surface area contributed by atoms with Crippen LogP contribution in [0.4, 0.5) is 0 Å². The third kappa shape index (κ3) is 4.78. The monoisotopic (exact) mass is 396 g/mol. The molecule has 2 aliphatic rings. The van der Waals surface area contributed by atoms with Crippen LogP contribution in [0.1, 0.15) is 36.8 Å². The Balaban J connectivity index is 1.32. The van der Waals surface area contributed by atoms with Gasteiger partial charge in [-0.05, 0) is 74.2 Å². The molecular weight excluding hydrogens is 366 g/mol. The number of piperidine rings is 2. The van der Waals surface area contributed by atoms with Crippen molar-refractivity contribution < 1.29 is 9.59 Å². The summed E-state index contributed by atoms with van der Waals surface area (Å²) in [6.45, 7) is 3.99. The van der Waals surface area contributed by atoms with Gasteiger partial charge >= 0.3 is 0 Å². The lowest BCUT2D eigenvalue weighted by molar-refractivity contribution is -0.129. The molecule has 155 valence electrons. The summed E-state index contributed by atoms with van der Waals surface area (Å²) < 4.78 is 0. The lowest BCUT2D eigenvalue weighted by Gasteiger charge is -2.37. The Labute approximate surface area is 171 Å². The second kappa shape index (κ2) is 8.95. The molecule has 7 heteroatoms. The zero-order chi connectivity index (χ0) is 20.2. The zero-order valence-electron chi connectivity index (χ0n) is 16.8. The number of rotatable bonds is 6. The summed E-state index contributed by atoms with van der Waals surface area (Å²) in [5.41, 5.74) is 8.02. The first-order chi connectivity index (χ1) is 14.1. The van der Waals surface area contributed by atoms with Gasteiger partial charge in [-0.2, -0.15) is 5.10 Å². The van der Waals surface area contributed by atoms with E-state index in [1.807, 2.05) is 17.0 Å². The number of aromatic amines is 1. The van der Waals surface area contributed by atoms with Gasteiger partial charge in [0.1, 0.15) is 0 Å². The number of aromatic nitrogens is 2. The van der Waals surface area contributed by atoms with Gasteiger partial charge in [0.15, 0.2) is 0 Å². The van der Waals surface area contributed by atoms with Gasteiger partial charge < -0.3 is 16.0 Å². The highest BCUT2D eigenvalue weighted by Gasteiger charge is 2.29. The number of carbonyl (C=O) groups excluding carboxylic acids is 2. The maximum atomic E-state index is 12.7. The van der Waals surface area contributed by atoms with Crippen LogP contribution in [-0.2, 0) is 22.4 Å². The molecule has 7 nitrogen and oxygen atoms in total. The highest BCUT2D eigenvalue weighted by molar-refractivity contribution is 5.88. The fourth-order valence-electron chi connectivity index (χ4n) is 4.89. The van der Waals surface area contributed by atoms with Crippen molar-refractivity contribution in [2.75, 3.05) is 26.2 Å². The van der Waals surface area contributed by atoms with Crippen molar-refractivity contribution in [3.05, 3.63) is 35.9 Å². The van der Waals surface area contributed by atoms with E-state index in [1.54, 1.807) is 12.6 Å². The molecule has 1 aromatic carbocycles.